The number of halogens is 3. The van der Waals surface area contributed by atoms with E-state index in [0.29, 0.717) is 30.8 Å². The van der Waals surface area contributed by atoms with Crippen LogP contribution in [0.25, 0.3) is 0 Å². The van der Waals surface area contributed by atoms with E-state index >= 15 is 0 Å². The van der Waals surface area contributed by atoms with Crippen molar-refractivity contribution in [3.63, 3.8) is 0 Å². The van der Waals surface area contributed by atoms with Crippen molar-refractivity contribution in [2.45, 2.75) is 66.0 Å². The molecule has 1 aliphatic carbocycles. The molecule has 7 nitrogen and oxygen atoms in total. The lowest BCUT2D eigenvalue weighted by molar-refractivity contribution is -0.145. The van der Waals surface area contributed by atoms with Crippen LogP contribution in [0.3, 0.4) is 0 Å². The molecule has 0 atom stereocenters. The molecule has 2 fully saturated rings. The topological polar surface area (TPSA) is 101 Å². The molecule has 2 aromatic rings. The van der Waals surface area contributed by atoms with Crippen LogP contribution in [-0.2, 0) is 14.3 Å². The molecule has 0 spiro atoms. The summed E-state index contributed by atoms with van der Waals surface area (Å²) in [6.45, 7) is 2.13. The summed E-state index contributed by atoms with van der Waals surface area (Å²) in [5.74, 6) is -0.0820. The number of nitrogen functional groups attached to an aromatic ring is 1. The van der Waals surface area contributed by atoms with Crippen molar-refractivity contribution >= 4 is 35.3 Å². The van der Waals surface area contributed by atoms with Crippen LogP contribution in [0.4, 0.5) is 18.9 Å². The lowest BCUT2D eigenvalue weighted by atomic mass is 9.84. The minimum Gasteiger partial charge on any atom is -0.395 e. The number of rotatable bonds is 12. The number of likely N-dealkylation sites (tertiary alicyclic amines) is 1. The fourth-order valence-corrected chi connectivity index (χ4v) is 6.66. The molecule has 0 aromatic heterocycles. The van der Waals surface area contributed by atoms with Crippen molar-refractivity contribution in [2.75, 3.05) is 51.9 Å². The Morgan fingerprint density at radius 2 is 1.79 bits per heavy atom. The molecular formula is C30H39F3N4O3S2. The third-order valence-corrected chi connectivity index (χ3v) is 9.18. The maximum atomic E-state index is 13.8. The molecule has 2 aromatic carbocycles. The van der Waals surface area contributed by atoms with Gasteiger partial charge in [0.25, 0.3) is 5.91 Å². The maximum Gasteiger partial charge on any atom is 0.262 e. The number of hydrogen-bond acceptors (Lipinski definition) is 8. The molecule has 4 rings (SSSR count). The highest BCUT2D eigenvalue weighted by Crippen LogP contribution is 2.33. The van der Waals surface area contributed by atoms with Gasteiger partial charge in [0, 0.05) is 37.1 Å². The molecule has 230 valence electrons. The SMILES string of the molecule is COC1(C(=O)NSc2cc(F)c(N)c(C#N)c2)CCCCC1.COCC1(F)CN(CCCCSc2ccc(F)cc2)C1. The predicted octanol–water partition coefficient (Wildman–Crippen LogP) is 6.12. The monoisotopic (exact) mass is 624 g/mol. The Kier molecular flexibility index (Phi) is 13.3. The highest BCUT2D eigenvalue weighted by molar-refractivity contribution is 7.99. The van der Waals surface area contributed by atoms with Crippen LogP contribution in [0.5, 0.6) is 0 Å². The Bertz CT molecular complexity index is 1200. The second-order valence-electron chi connectivity index (χ2n) is 10.6. The highest BCUT2D eigenvalue weighted by atomic mass is 32.2. The van der Waals surface area contributed by atoms with Crippen LogP contribution in [-0.4, -0.2) is 68.3 Å². The number of hydrogen-bond donors (Lipinski definition) is 2. The number of carbonyl (C=O) groups is 1. The Morgan fingerprint density at radius 3 is 2.40 bits per heavy atom. The number of alkyl halides is 1. The average Bonchev–Trinajstić information content (AvgIpc) is 2.98. The standard InChI is InChI=1S/C15H21F2NOS.C15H18FN3O2S/c1-19-12-15(17)10-18(11-15)8-2-3-9-20-14-6-4-13(16)5-7-14;1-21-15(5-3-2-4-6-15)14(20)19-22-11-7-10(9-17)13(18)12(16)8-11/h4-7H,2-3,8-12H2,1H3;7-8H,2-6,18H2,1H3,(H,19,20). The van der Waals surface area contributed by atoms with Gasteiger partial charge in [0.2, 0.25) is 0 Å². The number of carbonyl (C=O) groups excluding carboxylic acids is 1. The smallest absolute Gasteiger partial charge is 0.262 e. The van der Waals surface area contributed by atoms with Crippen LogP contribution in [0.1, 0.15) is 50.5 Å². The molecule has 0 bridgehead atoms. The zero-order chi connectivity index (χ0) is 30.6. The molecule has 0 unspecified atom stereocenters. The number of nitrogens with zero attached hydrogens (tertiary/aromatic N) is 2. The fourth-order valence-electron chi connectivity index (χ4n) is 5.01. The molecule has 1 heterocycles. The van der Waals surface area contributed by atoms with Crippen molar-refractivity contribution in [1.29, 1.82) is 5.26 Å². The van der Waals surface area contributed by atoms with Crippen molar-refractivity contribution in [2.24, 2.45) is 0 Å². The Labute approximate surface area is 254 Å². The van der Waals surface area contributed by atoms with Gasteiger partial charge >= 0.3 is 0 Å². The van der Waals surface area contributed by atoms with E-state index < -0.39 is 17.1 Å². The molecule has 1 saturated heterocycles. The van der Waals surface area contributed by atoms with Crippen molar-refractivity contribution in [3.05, 3.63) is 53.6 Å². The summed E-state index contributed by atoms with van der Waals surface area (Å²) < 4.78 is 53.1. The molecule has 2 aliphatic rings. The van der Waals surface area contributed by atoms with Gasteiger partial charge in [0.1, 0.15) is 23.3 Å². The Balaban J connectivity index is 0.000000231. The molecule has 12 heteroatoms. The summed E-state index contributed by atoms with van der Waals surface area (Å²) in [5, 5.41) is 8.91. The van der Waals surface area contributed by atoms with Crippen molar-refractivity contribution in [1.82, 2.24) is 9.62 Å². The minimum absolute atomic E-state index is 0.0517. The van der Waals surface area contributed by atoms with E-state index in [1.807, 2.05) is 6.07 Å². The number of methoxy groups -OCH3 is 2. The number of nitrogens with two attached hydrogens (primary N) is 1. The number of amides is 1. The molecule has 42 heavy (non-hydrogen) atoms. The number of benzene rings is 2. The van der Waals surface area contributed by atoms with Gasteiger partial charge in [-0.3, -0.25) is 14.4 Å². The number of nitriles is 1. The summed E-state index contributed by atoms with van der Waals surface area (Å²) in [6, 6.07) is 11.1. The van der Waals surface area contributed by atoms with Gasteiger partial charge < -0.3 is 15.2 Å². The first kappa shape index (κ1) is 34.1. The van der Waals surface area contributed by atoms with E-state index in [2.05, 4.69) is 9.62 Å². The maximum absolute atomic E-state index is 13.8. The highest BCUT2D eigenvalue weighted by Gasteiger charge is 2.43. The summed E-state index contributed by atoms with van der Waals surface area (Å²) in [7, 11) is 3.07. The first-order valence-electron chi connectivity index (χ1n) is 13.9. The first-order chi connectivity index (χ1) is 20.1. The van der Waals surface area contributed by atoms with Gasteiger partial charge in [0.05, 0.1) is 17.9 Å². The second kappa shape index (κ2) is 16.4. The Morgan fingerprint density at radius 1 is 1.10 bits per heavy atom. The number of anilines is 1. The predicted molar refractivity (Wildman–Crippen MR) is 161 cm³/mol. The van der Waals surface area contributed by atoms with E-state index in [9.17, 15) is 18.0 Å². The van der Waals surface area contributed by atoms with Crippen LogP contribution in [0, 0.1) is 23.0 Å². The normalized spacial score (nSPS) is 17.3. The molecule has 1 amide bonds. The quantitative estimate of drug-likeness (QED) is 0.126. The summed E-state index contributed by atoms with van der Waals surface area (Å²) in [6.07, 6.45) is 6.49. The molecule has 1 saturated carbocycles. The van der Waals surface area contributed by atoms with Crippen LogP contribution in [0.15, 0.2) is 46.2 Å². The van der Waals surface area contributed by atoms with Crippen molar-refractivity contribution < 1.29 is 27.4 Å². The lowest BCUT2D eigenvalue weighted by Gasteiger charge is -2.44. The molecule has 3 N–H and O–H groups in total. The van der Waals surface area contributed by atoms with E-state index in [0.717, 1.165) is 61.2 Å². The Hall–Kier alpha value is -2.43. The number of unbranched alkanes of at least 4 members (excludes halogenated alkanes) is 1. The molecular weight excluding hydrogens is 585 g/mol. The van der Waals surface area contributed by atoms with Gasteiger partial charge in [0.15, 0.2) is 5.67 Å². The molecule has 0 radical (unpaired) electrons. The zero-order valence-corrected chi connectivity index (χ0v) is 25.7. The van der Waals surface area contributed by atoms with Crippen LogP contribution >= 0.6 is 23.7 Å². The first-order valence-corrected chi connectivity index (χ1v) is 15.7. The van der Waals surface area contributed by atoms with E-state index in [1.54, 1.807) is 23.9 Å². The molecule has 1 aliphatic heterocycles. The fraction of sp³-hybridized carbons (Fsp3) is 0.533. The summed E-state index contributed by atoms with van der Waals surface area (Å²) in [5.41, 5.74) is 3.40. The van der Waals surface area contributed by atoms with Gasteiger partial charge in [-0.25, -0.2) is 13.2 Å². The number of nitrogens with one attached hydrogen (secondary N) is 1. The van der Waals surface area contributed by atoms with E-state index in [1.165, 1.54) is 38.5 Å². The van der Waals surface area contributed by atoms with Crippen molar-refractivity contribution in [3.8, 4) is 6.07 Å². The minimum atomic E-state index is -1.13. The number of ether oxygens (including phenoxy) is 2. The third kappa shape index (κ3) is 9.81. The van der Waals surface area contributed by atoms with Gasteiger partial charge in [-0.05, 0) is 86.3 Å². The largest absolute Gasteiger partial charge is 0.395 e. The second-order valence-corrected chi connectivity index (χ2v) is 12.6. The van der Waals surface area contributed by atoms with Crippen LogP contribution < -0.4 is 10.5 Å². The van der Waals surface area contributed by atoms with Gasteiger partial charge in [-0.15, -0.1) is 11.8 Å². The summed E-state index contributed by atoms with van der Waals surface area (Å²) >= 11 is 2.70. The zero-order valence-electron chi connectivity index (χ0n) is 24.1. The average molecular weight is 625 g/mol. The van der Waals surface area contributed by atoms with Gasteiger partial charge in [-0.1, -0.05) is 19.3 Å². The van der Waals surface area contributed by atoms with E-state index in [4.69, 9.17) is 20.5 Å². The lowest BCUT2D eigenvalue weighted by Crippen LogP contribution is -2.61. The van der Waals surface area contributed by atoms with Gasteiger partial charge in [-0.2, -0.15) is 5.26 Å². The number of thioether (sulfide) groups is 1. The van der Waals surface area contributed by atoms with E-state index in [-0.39, 0.29) is 29.6 Å². The third-order valence-electron chi connectivity index (χ3n) is 7.32. The van der Waals surface area contributed by atoms with Crippen LogP contribution in [0.2, 0.25) is 0 Å². The summed E-state index contributed by atoms with van der Waals surface area (Å²) in [4.78, 5) is 16.0.